The van der Waals surface area contributed by atoms with Gasteiger partial charge in [0.25, 0.3) is 5.91 Å². The average molecular weight is 469 g/mol. The molecule has 1 aliphatic rings. The highest BCUT2D eigenvalue weighted by molar-refractivity contribution is 7.80. The Morgan fingerprint density at radius 2 is 1.76 bits per heavy atom. The number of nitrogens with zero attached hydrogens (tertiary/aromatic N) is 2. The quantitative estimate of drug-likeness (QED) is 0.550. The van der Waals surface area contributed by atoms with Crippen molar-refractivity contribution in [3.05, 3.63) is 54.1 Å². The van der Waals surface area contributed by atoms with Crippen LogP contribution < -0.4 is 20.3 Å². The van der Waals surface area contributed by atoms with Crippen LogP contribution in [0.25, 0.3) is 0 Å². The third-order valence-corrected chi connectivity index (χ3v) is 5.58. The Bertz CT molecular complexity index is 1020. The first-order valence-corrected chi connectivity index (χ1v) is 11.2. The molecule has 33 heavy (non-hydrogen) atoms. The Labute approximate surface area is 198 Å². The van der Waals surface area contributed by atoms with E-state index in [-0.39, 0.29) is 24.1 Å². The number of aryl methyl sites for hydroxylation is 1. The van der Waals surface area contributed by atoms with Gasteiger partial charge in [-0.3, -0.25) is 19.3 Å². The molecule has 0 bridgehead atoms. The number of carbonyl (C=O) groups excluding carboxylic acids is 3. The summed E-state index contributed by atoms with van der Waals surface area (Å²) in [6.45, 7) is 6.46. The maximum Gasteiger partial charge on any atom is 0.256 e. The average Bonchev–Trinajstić information content (AvgIpc) is 3.00. The smallest absolute Gasteiger partial charge is 0.256 e. The molecule has 0 radical (unpaired) electrons. The molecule has 1 saturated heterocycles. The van der Waals surface area contributed by atoms with Crippen molar-refractivity contribution < 1.29 is 19.1 Å². The third-order valence-electron chi connectivity index (χ3n) is 5.17. The number of amides is 3. The number of carbonyl (C=O) groups is 3. The Kier molecular flexibility index (Phi) is 8.00. The van der Waals surface area contributed by atoms with Crippen LogP contribution in [0.15, 0.2) is 48.5 Å². The lowest BCUT2D eigenvalue weighted by atomic mass is 10.1. The molecule has 2 N–H and O–H groups in total. The van der Waals surface area contributed by atoms with Crippen molar-refractivity contribution in [2.75, 3.05) is 29.9 Å². The molecule has 2 aromatic carbocycles. The second-order valence-corrected chi connectivity index (χ2v) is 8.06. The number of hydrogen-bond donors (Lipinski definition) is 2. The minimum atomic E-state index is -0.768. The standard InChI is InChI=1S/C24H28N4O4S/c1-4-32-20-11-7-18(8-12-20)26-22(30)15-21-23(31)28(19-9-5-16(2)6-10-19)24(33)27(21)14-13-25-17(3)29/h5-12,21H,4,13-15H2,1-3H3,(H,25,29)(H,26,30). The molecular weight excluding hydrogens is 440 g/mol. The van der Waals surface area contributed by atoms with E-state index in [0.717, 1.165) is 5.56 Å². The second kappa shape index (κ2) is 10.9. The van der Waals surface area contributed by atoms with Gasteiger partial charge in [0.1, 0.15) is 11.8 Å². The molecule has 1 unspecified atom stereocenters. The van der Waals surface area contributed by atoms with Crippen LogP contribution in [0.4, 0.5) is 11.4 Å². The van der Waals surface area contributed by atoms with E-state index in [9.17, 15) is 14.4 Å². The van der Waals surface area contributed by atoms with Gasteiger partial charge in [0.15, 0.2) is 5.11 Å². The number of anilines is 2. The van der Waals surface area contributed by atoms with Crippen molar-refractivity contribution in [2.45, 2.75) is 33.2 Å². The number of rotatable bonds is 9. The fourth-order valence-corrected chi connectivity index (χ4v) is 3.97. The molecule has 1 fully saturated rings. The van der Waals surface area contributed by atoms with Gasteiger partial charge in [-0.2, -0.15) is 0 Å². The Hall–Kier alpha value is -3.46. The van der Waals surface area contributed by atoms with Gasteiger partial charge in [-0.05, 0) is 62.5 Å². The van der Waals surface area contributed by atoms with E-state index < -0.39 is 6.04 Å². The molecule has 3 rings (SSSR count). The molecule has 1 atom stereocenters. The van der Waals surface area contributed by atoms with Crippen LogP contribution in [0.3, 0.4) is 0 Å². The molecule has 8 nitrogen and oxygen atoms in total. The van der Waals surface area contributed by atoms with E-state index in [0.29, 0.717) is 41.9 Å². The highest BCUT2D eigenvalue weighted by atomic mass is 32.1. The summed E-state index contributed by atoms with van der Waals surface area (Å²) in [6.07, 6.45) is -0.0748. The summed E-state index contributed by atoms with van der Waals surface area (Å²) >= 11 is 5.60. The summed E-state index contributed by atoms with van der Waals surface area (Å²) in [5, 5.41) is 5.86. The minimum absolute atomic E-state index is 0.0748. The van der Waals surface area contributed by atoms with Crippen molar-refractivity contribution in [3.63, 3.8) is 0 Å². The highest BCUT2D eigenvalue weighted by Crippen LogP contribution is 2.27. The Morgan fingerprint density at radius 1 is 1.09 bits per heavy atom. The van der Waals surface area contributed by atoms with E-state index in [4.69, 9.17) is 17.0 Å². The molecule has 3 amide bonds. The molecule has 0 aromatic heterocycles. The molecule has 0 spiro atoms. The van der Waals surface area contributed by atoms with Gasteiger partial charge < -0.3 is 20.3 Å². The summed E-state index contributed by atoms with van der Waals surface area (Å²) in [4.78, 5) is 40.6. The Morgan fingerprint density at radius 3 is 2.36 bits per heavy atom. The second-order valence-electron chi connectivity index (χ2n) is 7.69. The van der Waals surface area contributed by atoms with Crippen LogP contribution in [0.2, 0.25) is 0 Å². The van der Waals surface area contributed by atoms with Crippen LogP contribution in [-0.2, 0) is 14.4 Å². The van der Waals surface area contributed by atoms with Crippen LogP contribution in [0, 0.1) is 6.92 Å². The number of benzene rings is 2. The third kappa shape index (κ3) is 6.07. The van der Waals surface area contributed by atoms with E-state index in [2.05, 4.69) is 10.6 Å². The van der Waals surface area contributed by atoms with Gasteiger partial charge in [0.05, 0.1) is 18.7 Å². The van der Waals surface area contributed by atoms with E-state index in [1.165, 1.54) is 11.8 Å². The highest BCUT2D eigenvalue weighted by Gasteiger charge is 2.43. The van der Waals surface area contributed by atoms with Crippen molar-refractivity contribution in [1.82, 2.24) is 10.2 Å². The molecule has 9 heteroatoms. The zero-order valence-electron chi connectivity index (χ0n) is 19.0. The van der Waals surface area contributed by atoms with Gasteiger partial charge in [0.2, 0.25) is 11.8 Å². The first kappa shape index (κ1) is 24.2. The van der Waals surface area contributed by atoms with Gasteiger partial charge in [-0.15, -0.1) is 0 Å². The predicted molar refractivity (Wildman–Crippen MR) is 131 cm³/mol. The fourth-order valence-electron chi connectivity index (χ4n) is 3.56. The lowest BCUT2D eigenvalue weighted by molar-refractivity contribution is -0.124. The van der Waals surface area contributed by atoms with Crippen molar-refractivity contribution in [1.29, 1.82) is 0 Å². The molecule has 174 valence electrons. The normalized spacial score (nSPS) is 15.5. The van der Waals surface area contributed by atoms with Gasteiger partial charge in [0, 0.05) is 25.7 Å². The number of ether oxygens (including phenoxy) is 1. The summed E-state index contributed by atoms with van der Waals surface area (Å²) in [6, 6.07) is 13.7. The van der Waals surface area contributed by atoms with Crippen LogP contribution >= 0.6 is 12.2 Å². The first-order chi connectivity index (χ1) is 15.8. The number of thiocarbonyl (C=S) groups is 1. The van der Waals surface area contributed by atoms with E-state index in [1.807, 2.05) is 38.1 Å². The molecular formula is C24H28N4O4S. The zero-order valence-corrected chi connectivity index (χ0v) is 19.8. The predicted octanol–water partition coefficient (Wildman–Crippen LogP) is 2.86. The molecule has 0 saturated carbocycles. The van der Waals surface area contributed by atoms with Crippen LogP contribution in [0.5, 0.6) is 5.75 Å². The van der Waals surface area contributed by atoms with Crippen LogP contribution in [-0.4, -0.2) is 53.5 Å². The van der Waals surface area contributed by atoms with Crippen molar-refractivity contribution in [2.24, 2.45) is 0 Å². The minimum Gasteiger partial charge on any atom is -0.494 e. The van der Waals surface area contributed by atoms with Gasteiger partial charge in [-0.25, -0.2) is 0 Å². The zero-order chi connectivity index (χ0) is 24.0. The Balaban J connectivity index is 1.75. The summed E-state index contributed by atoms with van der Waals surface area (Å²) in [5.74, 6) is -0.0413. The first-order valence-electron chi connectivity index (χ1n) is 10.8. The topological polar surface area (TPSA) is 91.0 Å². The number of nitrogens with one attached hydrogen (secondary N) is 2. The number of hydrogen-bond acceptors (Lipinski definition) is 5. The maximum absolute atomic E-state index is 13.3. The summed E-state index contributed by atoms with van der Waals surface area (Å²) < 4.78 is 5.42. The summed E-state index contributed by atoms with van der Waals surface area (Å²) in [5.41, 5.74) is 2.32. The molecule has 0 aliphatic carbocycles. The van der Waals surface area contributed by atoms with E-state index >= 15 is 0 Å². The molecule has 2 aromatic rings. The van der Waals surface area contributed by atoms with Crippen molar-refractivity contribution in [3.8, 4) is 5.75 Å². The SMILES string of the molecule is CCOc1ccc(NC(=O)CC2C(=O)N(c3ccc(C)cc3)C(=S)N2CCNC(C)=O)cc1. The van der Waals surface area contributed by atoms with Gasteiger partial charge >= 0.3 is 0 Å². The molecule has 1 heterocycles. The van der Waals surface area contributed by atoms with E-state index in [1.54, 1.807) is 29.2 Å². The lowest BCUT2D eigenvalue weighted by Crippen LogP contribution is -2.42. The fraction of sp³-hybridized carbons (Fsp3) is 0.333. The summed E-state index contributed by atoms with van der Waals surface area (Å²) in [7, 11) is 0. The van der Waals surface area contributed by atoms with Crippen molar-refractivity contribution >= 4 is 46.4 Å². The van der Waals surface area contributed by atoms with Crippen LogP contribution in [0.1, 0.15) is 25.8 Å². The monoisotopic (exact) mass is 468 g/mol. The molecule has 1 aliphatic heterocycles. The van der Waals surface area contributed by atoms with Gasteiger partial charge in [-0.1, -0.05) is 17.7 Å². The lowest BCUT2D eigenvalue weighted by Gasteiger charge is -2.24. The maximum atomic E-state index is 13.3. The largest absolute Gasteiger partial charge is 0.494 e.